The number of anilines is 2. The molecule has 0 aromatic heterocycles. The molecule has 0 aliphatic heterocycles. The van der Waals surface area contributed by atoms with Crippen LogP contribution in [0.3, 0.4) is 0 Å². The summed E-state index contributed by atoms with van der Waals surface area (Å²) in [5, 5.41) is 38.2. The molecule has 104 valence electrons. The fourth-order valence-electron chi connectivity index (χ4n) is 1.60. The molecular formula is C14H11N5O2. The Labute approximate surface area is 121 Å². The van der Waals surface area contributed by atoms with Crippen LogP contribution in [0.25, 0.3) is 0 Å². The molecule has 1 aromatic carbocycles. The largest absolute Gasteiger partial charge is 0.478 e. The average Bonchev–Trinajstić information content (AvgIpc) is 2.46. The van der Waals surface area contributed by atoms with Crippen LogP contribution >= 0.6 is 0 Å². The minimum Gasteiger partial charge on any atom is -0.478 e. The van der Waals surface area contributed by atoms with Gasteiger partial charge >= 0.3 is 5.97 Å². The molecule has 0 radical (unpaired) electrons. The van der Waals surface area contributed by atoms with Crippen molar-refractivity contribution in [3.63, 3.8) is 0 Å². The first-order valence-electron chi connectivity index (χ1n) is 5.70. The second kappa shape index (κ2) is 6.60. The number of carbonyl (C=O) groups is 1. The van der Waals surface area contributed by atoms with Crippen LogP contribution in [0.1, 0.15) is 10.4 Å². The molecule has 0 unspecified atom stereocenters. The Kier molecular flexibility index (Phi) is 4.89. The van der Waals surface area contributed by atoms with Crippen LogP contribution in [-0.2, 0) is 0 Å². The van der Waals surface area contributed by atoms with Gasteiger partial charge in [-0.2, -0.15) is 15.8 Å². The molecule has 7 heteroatoms. The lowest BCUT2D eigenvalue weighted by atomic mass is 10.1. The fourth-order valence-corrected chi connectivity index (χ4v) is 1.60. The minimum absolute atomic E-state index is 0.0396. The van der Waals surface area contributed by atoms with E-state index in [9.17, 15) is 9.90 Å². The third kappa shape index (κ3) is 3.50. The molecule has 1 rings (SSSR count). The normalized spacial score (nSPS) is 8.71. The van der Waals surface area contributed by atoms with Gasteiger partial charge in [0.2, 0.25) is 0 Å². The summed E-state index contributed by atoms with van der Waals surface area (Å²) in [5.74, 6) is -1.12. The molecule has 0 heterocycles. The Balaban J connectivity index is 3.30. The number of hydrogen-bond acceptors (Lipinski definition) is 6. The molecule has 0 amide bonds. The molecule has 0 bridgehead atoms. The topological polar surface area (TPSA) is 124 Å². The molecule has 0 fully saturated rings. The Hall–Kier alpha value is -3.50. The van der Waals surface area contributed by atoms with Gasteiger partial charge < -0.3 is 15.3 Å². The highest BCUT2D eigenvalue weighted by Gasteiger charge is 2.14. The first-order chi connectivity index (χ1) is 9.94. The number of hydrogen-bond donors (Lipinski definition) is 2. The number of benzene rings is 1. The van der Waals surface area contributed by atoms with Gasteiger partial charge in [-0.3, -0.25) is 0 Å². The van der Waals surface area contributed by atoms with Crippen molar-refractivity contribution in [3.8, 4) is 18.2 Å². The molecule has 0 spiro atoms. The van der Waals surface area contributed by atoms with Crippen LogP contribution in [0.2, 0.25) is 0 Å². The van der Waals surface area contributed by atoms with E-state index in [0.29, 0.717) is 11.4 Å². The monoisotopic (exact) mass is 281 g/mol. The highest BCUT2D eigenvalue weighted by atomic mass is 16.4. The Morgan fingerprint density at radius 1 is 1.19 bits per heavy atom. The van der Waals surface area contributed by atoms with Gasteiger partial charge in [0.05, 0.1) is 11.3 Å². The number of allylic oxidation sites excluding steroid dienone is 2. The lowest BCUT2D eigenvalue weighted by Crippen LogP contribution is -2.14. The molecule has 0 saturated heterocycles. The lowest BCUT2D eigenvalue weighted by Gasteiger charge is -2.16. The molecule has 0 saturated carbocycles. The van der Waals surface area contributed by atoms with Crippen molar-refractivity contribution in [1.29, 1.82) is 15.8 Å². The minimum atomic E-state index is -1.12. The zero-order chi connectivity index (χ0) is 16.0. The van der Waals surface area contributed by atoms with Gasteiger partial charge in [-0.05, 0) is 18.2 Å². The number of nitrogens with zero attached hydrogens (tertiary/aromatic N) is 4. The van der Waals surface area contributed by atoms with Crippen molar-refractivity contribution in [3.05, 3.63) is 35.0 Å². The molecule has 0 aliphatic rings. The van der Waals surface area contributed by atoms with Crippen molar-refractivity contribution in [1.82, 2.24) is 0 Å². The van der Waals surface area contributed by atoms with Crippen LogP contribution in [0, 0.1) is 34.0 Å². The van der Waals surface area contributed by atoms with E-state index in [2.05, 4.69) is 5.32 Å². The number of nitrogens with one attached hydrogen (secondary N) is 1. The fraction of sp³-hybridized carbons (Fsp3) is 0.143. The molecular weight excluding hydrogens is 270 g/mol. The van der Waals surface area contributed by atoms with E-state index in [1.54, 1.807) is 49.3 Å². The van der Waals surface area contributed by atoms with Gasteiger partial charge in [-0.15, -0.1) is 0 Å². The summed E-state index contributed by atoms with van der Waals surface area (Å²) >= 11 is 0. The quantitative estimate of drug-likeness (QED) is 0.804. The maximum atomic E-state index is 11.2. The van der Waals surface area contributed by atoms with Gasteiger partial charge in [-0.1, -0.05) is 0 Å². The zero-order valence-corrected chi connectivity index (χ0v) is 11.4. The summed E-state index contributed by atoms with van der Waals surface area (Å²) in [6, 6.07) is 9.37. The lowest BCUT2D eigenvalue weighted by molar-refractivity contribution is 0.0697. The Morgan fingerprint density at radius 3 is 2.24 bits per heavy atom. The number of rotatable bonds is 4. The highest BCUT2D eigenvalue weighted by Crippen LogP contribution is 2.24. The smallest absolute Gasteiger partial charge is 0.337 e. The summed E-state index contributed by atoms with van der Waals surface area (Å²) in [6.45, 7) is 0. The zero-order valence-electron chi connectivity index (χ0n) is 11.4. The van der Waals surface area contributed by atoms with Gasteiger partial charge in [0.1, 0.15) is 23.9 Å². The second-order valence-electron chi connectivity index (χ2n) is 4.14. The average molecular weight is 281 g/mol. The van der Waals surface area contributed by atoms with Crippen molar-refractivity contribution < 1.29 is 9.90 Å². The van der Waals surface area contributed by atoms with Crippen molar-refractivity contribution >= 4 is 17.3 Å². The van der Waals surface area contributed by atoms with E-state index in [0.717, 1.165) is 0 Å². The standard InChI is InChI=1S/C14H11N5O2/c1-19(2)13-4-3-10(5-11(13)14(20)21)18-12(8-17)9(6-15)7-16/h3-5,18H,1-2H3,(H,20,21). The molecule has 0 aliphatic carbocycles. The molecule has 1 aromatic rings. The predicted octanol–water partition coefficient (Wildman–Crippen LogP) is 1.69. The van der Waals surface area contributed by atoms with E-state index >= 15 is 0 Å². The summed E-state index contributed by atoms with van der Waals surface area (Å²) < 4.78 is 0. The predicted molar refractivity (Wildman–Crippen MR) is 75.2 cm³/mol. The maximum absolute atomic E-state index is 11.2. The van der Waals surface area contributed by atoms with E-state index in [1.165, 1.54) is 6.07 Å². The van der Waals surface area contributed by atoms with E-state index in [1.807, 2.05) is 0 Å². The van der Waals surface area contributed by atoms with E-state index < -0.39 is 5.97 Å². The summed E-state index contributed by atoms with van der Waals surface area (Å²) in [6.07, 6.45) is 0. The molecule has 21 heavy (non-hydrogen) atoms. The van der Waals surface area contributed by atoms with Gasteiger partial charge in [-0.25, -0.2) is 4.79 Å². The van der Waals surface area contributed by atoms with Gasteiger partial charge in [0, 0.05) is 19.8 Å². The summed E-state index contributed by atoms with van der Waals surface area (Å²) in [4.78, 5) is 12.9. The van der Waals surface area contributed by atoms with Crippen molar-refractivity contribution in [2.45, 2.75) is 0 Å². The van der Waals surface area contributed by atoms with Crippen molar-refractivity contribution in [2.75, 3.05) is 24.3 Å². The van der Waals surface area contributed by atoms with Crippen LogP contribution in [0.15, 0.2) is 29.5 Å². The third-order valence-corrected chi connectivity index (χ3v) is 2.56. The van der Waals surface area contributed by atoms with E-state index in [4.69, 9.17) is 15.8 Å². The van der Waals surface area contributed by atoms with Crippen LogP contribution in [-0.4, -0.2) is 25.2 Å². The molecule has 0 atom stereocenters. The number of carboxylic acids is 1. The molecule has 2 N–H and O–H groups in total. The Bertz CT molecular complexity index is 713. The number of carboxylic acid groups (broad SMARTS) is 1. The number of aromatic carboxylic acids is 1. The van der Waals surface area contributed by atoms with Crippen LogP contribution in [0.5, 0.6) is 0 Å². The number of nitriles is 3. The maximum Gasteiger partial charge on any atom is 0.337 e. The van der Waals surface area contributed by atoms with Gasteiger partial charge in [0.15, 0.2) is 5.57 Å². The van der Waals surface area contributed by atoms with E-state index in [-0.39, 0.29) is 16.8 Å². The first-order valence-corrected chi connectivity index (χ1v) is 5.70. The van der Waals surface area contributed by atoms with Gasteiger partial charge in [0.25, 0.3) is 0 Å². The van der Waals surface area contributed by atoms with Crippen molar-refractivity contribution in [2.24, 2.45) is 0 Å². The van der Waals surface area contributed by atoms with Crippen LogP contribution in [0.4, 0.5) is 11.4 Å². The third-order valence-electron chi connectivity index (χ3n) is 2.56. The Morgan fingerprint density at radius 2 is 1.81 bits per heavy atom. The van der Waals surface area contributed by atoms with Crippen LogP contribution < -0.4 is 10.2 Å². The highest BCUT2D eigenvalue weighted by molar-refractivity contribution is 5.95. The first kappa shape index (κ1) is 15.6. The SMILES string of the molecule is CN(C)c1ccc(NC(C#N)=C(C#N)C#N)cc1C(=O)O. The summed E-state index contributed by atoms with van der Waals surface area (Å²) in [7, 11) is 3.41. The second-order valence-corrected chi connectivity index (χ2v) is 4.14. The molecule has 7 nitrogen and oxygen atoms in total. The summed E-state index contributed by atoms with van der Waals surface area (Å²) in [5.41, 5.74) is 0.242.